The van der Waals surface area contributed by atoms with Gasteiger partial charge in [-0.05, 0) is 25.7 Å². The summed E-state index contributed by atoms with van der Waals surface area (Å²) in [5, 5.41) is 3.49. The highest BCUT2D eigenvalue weighted by atomic mass is 32.2. The molecule has 0 heterocycles. The van der Waals surface area contributed by atoms with Gasteiger partial charge in [-0.15, -0.1) is 0 Å². The second kappa shape index (κ2) is 6.01. The van der Waals surface area contributed by atoms with Gasteiger partial charge >= 0.3 is 0 Å². The molecule has 0 bridgehead atoms. The molecule has 96 valence electrons. The smallest absolute Gasteiger partial charge is 0.151 e. The van der Waals surface area contributed by atoms with Crippen molar-refractivity contribution >= 4 is 9.84 Å². The van der Waals surface area contributed by atoms with E-state index in [0.717, 1.165) is 5.92 Å². The molecule has 1 saturated carbocycles. The fourth-order valence-corrected chi connectivity index (χ4v) is 3.75. The van der Waals surface area contributed by atoms with Gasteiger partial charge in [0.2, 0.25) is 0 Å². The van der Waals surface area contributed by atoms with Crippen molar-refractivity contribution in [3.05, 3.63) is 0 Å². The van der Waals surface area contributed by atoms with Gasteiger partial charge in [-0.2, -0.15) is 0 Å². The monoisotopic (exact) mass is 247 g/mol. The topological polar surface area (TPSA) is 46.2 Å². The van der Waals surface area contributed by atoms with Gasteiger partial charge in [-0.1, -0.05) is 26.7 Å². The van der Waals surface area contributed by atoms with Crippen LogP contribution < -0.4 is 5.32 Å². The zero-order valence-electron chi connectivity index (χ0n) is 10.7. The first-order chi connectivity index (χ1) is 7.48. The van der Waals surface area contributed by atoms with E-state index in [0.29, 0.717) is 6.04 Å². The Balaban J connectivity index is 2.42. The second-order valence-electron chi connectivity index (χ2n) is 4.97. The number of hydrogen-bond donors (Lipinski definition) is 1. The van der Waals surface area contributed by atoms with E-state index < -0.39 is 9.84 Å². The van der Waals surface area contributed by atoms with Crippen molar-refractivity contribution in [3.8, 4) is 0 Å². The Morgan fingerprint density at radius 3 is 2.56 bits per heavy atom. The lowest BCUT2D eigenvalue weighted by Crippen LogP contribution is -2.42. The van der Waals surface area contributed by atoms with E-state index in [4.69, 9.17) is 0 Å². The van der Waals surface area contributed by atoms with Crippen LogP contribution in [-0.2, 0) is 9.84 Å². The molecule has 0 radical (unpaired) electrons. The summed E-state index contributed by atoms with van der Waals surface area (Å²) in [5.74, 6) is 1.27. The molecule has 0 amide bonds. The molecule has 1 rings (SSSR count). The second-order valence-corrected chi connectivity index (χ2v) is 7.37. The Hall–Kier alpha value is -0.0900. The quantitative estimate of drug-likeness (QED) is 0.780. The number of hydrogen-bond acceptors (Lipinski definition) is 3. The summed E-state index contributed by atoms with van der Waals surface area (Å²) in [6.45, 7) is 5.92. The lowest BCUT2D eigenvalue weighted by Gasteiger charge is -2.24. The molecule has 0 aromatic carbocycles. The highest BCUT2D eigenvalue weighted by Crippen LogP contribution is 2.28. The summed E-state index contributed by atoms with van der Waals surface area (Å²) in [5.41, 5.74) is 0. The maximum atomic E-state index is 11.5. The Labute approximate surface area is 99.9 Å². The van der Waals surface area contributed by atoms with Crippen LogP contribution in [0, 0.1) is 5.92 Å². The maximum absolute atomic E-state index is 11.5. The van der Waals surface area contributed by atoms with Crippen molar-refractivity contribution in [3.63, 3.8) is 0 Å². The maximum Gasteiger partial charge on any atom is 0.151 e. The molecule has 1 N–H and O–H groups in total. The molecule has 1 aliphatic rings. The van der Waals surface area contributed by atoms with Crippen molar-refractivity contribution in [1.29, 1.82) is 0 Å². The Morgan fingerprint density at radius 1 is 1.31 bits per heavy atom. The zero-order chi connectivity index (χ0) is 12.2. The first-order valence-electron chi connectivity index (χ1n) is 6.45. The third-order valence-electron chi connectivity index (χ3n) is 3.63. The molecule has 0 aliphatic heterocycles. The molecule has 3 unspecified atom stereocenters. The molecule has 0 spiro atoms. The highest BCUT2D eigenvalue weighted by molar-refractivity contribution is 7.91. The van der Waals surface area contributed by atoms with E-state index in [9.17, 15) is 8.42 Å². The van der Waals surface area contributed by atoms with Crippen LogP contribution in [0.4, 0.5) is 0 Å². The molecule has 16 heavy (non-hydrogen) atoms. The van der Waals surface area contributed by atoms with Gasteiger partial charge in [0.05, 0.1) is 5.75 Å². The molecule has 1 fully saturated rings. The summed E-state index contributed by atoms with van der Waals surface area (Å²) >= 11 is 0. The minimum Gasteiger partial charge on any atom is -0.310 e. The van der Waals surface area contributed by atoms with E-state index in [1.54, 1.807) is 6.92 Å². The van der Waals surface area contributed by atoms with Crippen LogP contribution in [-0.4, -0.2) is 32.0 Å². The molecular weight excluding hydrogens is 222 g/mol. The molecule has 0 aromatic rings. The number of sulfone groups is 1. The molecule has 1 aliphatic carbocycles. The third kappa shape index (κ3) is 4.06. The molecule has 0 saturated heterocycles. The minimum absolute atomic E-state index is 0.0853. The largest absolute Gasteiger partial charge is 0.310 e. The van der Waals surface area contributed by atoms with Crippen molar-refractivity contribution in [2.75, 3.05) is 11.5 Å². The van der Waals surface area contributed by atoms with E-state index in [-0.39, 0.29) is 17.5 Å². The van der Waals surface area contributed by atoms with Crippen LogP contribution in [0.15, 0.2) is 0 Å². The van der Waals surface area contributed by atoms with Crippen LogP contribution in [0.2, 0.25) is 0 Å². The molecule has 3 atom stereocenters. The first kappa shape index (κ1) is 14.0. The predicted octanol–water partition coefficient (Wildman–Crippen LogP) is 1.98. The fraction of sp³-hybridized carbons (Fsp3) is 1.00. The van der Waals surface area contributed by atoms with Crippen LogP contribution in [0.25, 0.3) is 0 Å². The van der Waals surface area contributed by atoms with Gasteiger partial charge in [0, 0.05) is 17.8 Å². The predicted molar refractivity (Wildman–Crippen MR) is 68.3 cm³/mol. The Bertz CT molecular complexity index is 300. The normalized spacial score (nSPS) is 28.2. The number of rotatable bonds is 6. The first-order valence-corrected chi connectivity index (χ1v) is 8.27. The van der Waals surface area contributed by atoms with Gasteiger partial charge < -0.3 is 5.32 Å². The third-order valence-corrected chi connectivity index (χ3v) is 5.51. The molecular formula is C12H25NO2S. The Kier molecular flexibility index (Phi) is 5.25. The summed E-state index contributed by atoms with van der Waals surface area (Å²) in [4.78, 5) is 0. The number of nitrogens with one attached hydrogen (secondary N) is 1. The lowest BCUT2D eigenvalue weighted by atomic mass is 10.0. The standard InChI is InChI=1S/C12H25NO2S/c1-4-11-7-6-8-12(11)13-10(3)9-16(14,15)5-2/h10-13H,4-9H2,1-3H3. The zero-order valence-corrected chi connectivity index (χ0v) is 11.5. The minimum atomic E-state index is -2.85. The van der Waals surface area contributed by atoms with E-state index in [2.05, 4.69) is 12.2 Å². The molecule has 4 heteroatoms. The average molecular weight is 247 g/mol. The van der Waals surface area contributed by atoms with Crippen molar-refractivity contribution in [2.24, 2.45) is 5.92 Å². The van der Waals surface area contributed by atoms with E-state index >= 15 is 0 Å². The Morgan fingerprint density at radius 2 is 2.00 bits per heavy atom. The van der Waals surface area contributed by atoms with Crippen molar-refractivity contribution in [2.45, 2.75) is 58.5 Å². The van der Waals surface area contributed by atoms with Gasteiger partial charge in [-0.3, -0.25) is 0 Å². The van der Waals surface area contributed by atoms with Gasteiger partial charge in [-0.25, -0.2) is 8.42 Å². The molecule has 3 nitrogen and oxygen atoms in total. The van der Waals surface area contributed by atoms with E-state index in [1.165, 1.54) is 25.7 Å². The summed E-state index contributed by atoms with van der Waals surface area (Å²) in [7, 11) is -2.85. The molecule has 0 aromatic heterocycles. The van der Waals surface area contributed by atoms with E-state index in [1.807, 2.05) is 6.92 Å². The van der Waals surface area contributed by atoms with Crippen molar-refractivity contribution in [1.82, 2.24) is 5.32 Å². The summed E-state index contributed by atoms with van der Waals surface area (Å²) in [6, 6.07) is 0.620. The highest BCUT2D eigenvalue weighted by Gasteiger charge is 2.27. The van der Waals surface area contributed by atoms with Gasteiger partial charge in [0.25, 0.3) is 0 Å². The summed E-state index contributed by atoms with van der Waals surface area (Å²) in [6.07, 6.45) is 4.98. The van der Waals surface area contributed by atoms with Crippen molar-refractivity contribution < 1.29 is 8.42 Å². The average Bonchev–Trinajstić information content (AvgIpc) is 2.64. The SMILES string of the molecule is CCC1CCCC1NC(C)CS(=O)(=O)CC. The van der Waals surface area contributed by atoms with Crippen LogP contribution >= 0.6 is 0 Å². The summed E-state index contributed by atoms with van der Waals surface area (Å²) < 4.78 is 23.0. The van der Waals surface area contributed by atoms with Gasteiger partial charge in [0.1, 0.15) is 0 Å². The fourth-order valence-electron chi connectivity index (χ4n) is 2.66. The van der Waals surface area contributed by atoms with Crippen LogP contribution in [0.5, 0.6) is 0 Å². The lowest BCUT2D eigenvalue weighted by molar-refractivity contribution is 0.366. The van der Waals surface area contributed by atoms with Crippen LogP contribution in [0.1, 0.15) is 46.5 Å². The van der Waals surface area contributed by atoms with Gasteiger partial charge in [0.15, 0.2) is 9.84 Å². The van der Waals surface area contributed by atoms with Crippen LogP contribution in [0.3, 0.4) is 0 Å².